The van der Waals surface area contributed by atoms with Crippen molar-refractivity contribution in [3.8, 4) is 0 Å². The molecule has 1 N–H and O–H groups in total. The fraction of sp³-hybridized carbons (Fsp3) is 0.400. The molecule has 0 spiro atoms. The monoisotopic (exact) mass is 230 g/mol. The normalized spacial score (nSPS) is 15.7. The summed E-state index contributed by atoms with van der Waals surface area (Å²) in [6, 6.07) is 8.14. The van der Waals surface area contributed by atoms with E-state index in [1.807, 2.05) is 18.2 Å². The van der Waals surface area contributed by atoms with Crippen LogP contribution in [0.2, 0.25) is 0 Å². The van der Waals surface area contributed by atoms with E-state index < -0.39 is 5.97 Å². The van der Waals surface area contributed by atoms with Gasteiger partial charge in [0.25, 0.3) is 0 Å². The van der Waals surface area contributed by atoms with Gasteiger partial charge >= 0.3 is 5.97 Å². The van der Waals surface area contributed by atoms with E-state index in [1.165, 1.54) is 5.56 Å². The van der Waals surface area contributed by atoms with Gasteiger partial charge < -0.3 is 5.11 Å². The molecular formula is C15H18O2. The van der Waals surface area contributed by atoms with Crippen LogP contribution in [0.15, 0.2) is 29.8 Å². The van der Waals surface area contributed by atoms with Gasteiger partial charge in [-0.05, 0) is 35.0 Å². The number of carboxylic acids is 1. The van der Waals surface area contributed by atoms with E-state index in [-0.39, 0.29) is 5.41 Å². The van der Waals surface area contributed by atoms with Crippen molar-refractivity contribution < 1.29 is 9.90 Å². The molecule has 0 aromatic heterocycles. The summed E-state index contributed by atoms with van der Waals surface area (Å²) in [4.78, 5) is 11.4. The van der Waals surface area contributed by atoms with E-state index >= 15 is 0 Å². The van der Waals surface area contributed by atoms with E-state index in [0.717, 1.165) is 17.6 Å². The van der Waals surface area contributed by atoms with Crippen LogP contribution in [0.4, 0.5) is 0 Å². The highest BCUT2D eigenvalue weighted by Crippen LogP contribution is 2.42. The average Bonchev–Trinajstić information content (AvgIpc) is 2.26. The largest absolute Gasteiger partial charge is 0.478 e. The van der Waals surface area contributed by atoms with Crippen molar-refractivity contribution >= 4 is 11.5 Å². The maximum absolute atomic E-state index is 11.4. The van der Waals surface area contributed by atoms with Crippen LogP contribution in [0.1, 0.15) is 38.3 Å². The van der Waals surface area contributed by atoms with Gasteiger partial charge in [-0.25, -0.2) is 4.79 Å². The lowest BCUT2D eigenvalue weighted by molar-refractivity contribution is -0.132. The van der Waals surface area contributed by atoms with Gasteiger partial charge in [0.15, 0.2) is 0 Å². The van der Waals surface area contributed by atoms with Crippen molar-refractivity contribution in [3.05, 3.63) is 41.0 Å². The lowest BCUT2D eigenvalue weighted by atomic mass is 9.73. The van der Waals surface area contributed by atoms with Crippen LogP contribution in [0.3, 0.4) is 0 Å². The minimum Gasteiger partial charge on any atom is -0.478 e. The molecule has 1 aliphatic rings. The topological polar surface area (TPSA) is 37.3 Å². The van der Waals surface area contributed by atoms with Crippen LogP contribution in [-0.4, -0.2) is 11.1 Å². The maximum atomic E-state index is 11.4. The van der Waals surface area contributed by atoms with Crippen molar-refractivity contribution in [1.29, 1.82) is 0 Å². The number of aryl methyl sites for hydroxylation is 1. The third kappa shape index (κ3) is 2.12. The predicted octanol–water partition coefficient (Wildman–Crippen LogP) is 3.52. The summed E-state index contributed by atoms with van der Waals surface area (Å²) in [6.45, 7) is 6.23. The zero-order valence-corrected chi connectivity index (χ0v) is 10.6. The number of aliphatic carboxylic acids is 1. The summed E-state index contributed by atoms with van der Waals surface area (Å²) in [6.07, 6.45) is 1.47. The molecule has 0 saturated carbocycles. The number of fused-ring (bicyclic) bond motifs is 1. The summed E-state index contributed by atoms with van der Waals surface area (Å²) < 4.78 is 0. The summed E-state index contributed by atoms with van der Waals surface area (Å²) in [5.74, 6) is -0.774. The molecule has 0 amide bonds. The van der Waals surface area contributed by atoms with E-state index in [4.69, 9.17) is 0 Å². The zero-order valence-electron chi connectivity index (χ0n) is 10.6. The van der Waals surface area contributed by atoms with Crippen molar-refractivity contribution in [2.45, 2.75) is 33.6 Å². The average molecular weight is 230 g/mol. The van der Waals surface area contributed by atoms with Crippen molar-refractivity contribution in [3.63, 3.8) is 0 Å². The number of carbonyl (C=O) groups is 1. The highest BCUT2D eigenvalue weighted by Gasteiger charge is 2.30. The first-order valence-corrected chi connectivity index (χ1v) is 5.96. The third-order valence-corrected chi connectivity index (χ3v) is 3.24. The number of rotatable bonds is 1. The standard InChI is InChI=1S/C15H18O2/c1-15(2,3)13-11-7-5-4-6-10(11)8-9-12(13)14(16)17/h4-7H,8-9H2,1-3H3,(H,16,17). The molecule has 0 saturated heterocycles. The summed E-state index contributed by atoms with van der Waals surface area (Å²) in [7, 11) is 0. The minimum absolute atomic E-state index is 0.135. The SMILES string of the molecule is CC(C)(C)C1=C(C(=O)O)CCc2ccccc21. The molecule has 0 heterocycles. The number of benzene rings is 1. The van der Waals surface area contributed by atoms with Crippen LogP contribution in [0, 0.1) is 5.41 Å². The second-order valence-electron chi connectivity index (χ2n) is 5.57. The summed E-state index contributed by atoms with van der Waals surface area (Å²) in [5, 5.41) is 9.34. The molecule has 0 radical (unpaired) electrons. The van der Waals surface area contributed by atoms with Crippen LogP contribution in [0.5, 0.6) is 0 Å². The molecule has 0 aliphatic heterocycles. The van der Waals surface area contributed by atoms with Gasteiger partial charge in [-0.3, -0.25) is 0 Å². The molecule has 0 atom stereocenters. The first kappa shape index (κ1) is 11.9. The van der Waals surface area contributed by atoms with Crippen LogP contribution >= 0.6 is 0 Å². The lowest BCUT2D eigenvalue weighted by Crippen LogP contribution is -2.20. The van der Waals surface area contributed by atoms with Gasteiger partial charge in [0.1, 0.15) is 0 Å². The lowest BCUT2D eigenvalue weighted by Gasteiger charge is -2.30. The first-order chi connectivity index (χ1) is 7.91. The third-order valence-electron chi connectivity index (χ3n) is 3.24. The first-order valence-electron chi connectivity index (χ1n) is 5.96. The second kappa shape index (κ2) is 4.02. The second-order valence-corrected chi connectivity index (χ2v) is 5.57. The molecule has 2 nitrogen and oxygen atoms in total. The number of carboxylic acid groups (broad SMARTS) is 1. The van der Waals surface area contributed by atoms with Gasteiger partial charge in [0, 0.05) is 5.57 Å². The molecule has 1 aromatic carbocycles. The number of hydrogen-bond acceptors (Lipinski definition) is 1. The highest BCUT2D eigenvalue weighted by atomic mass is 16.4. The zero-order chi connectivity index (χ0) is 12.6. The molecule has 17 heavy (non-hydrogen) atoms. The Morgan fingerprint density at radius 2 is 1.82 bits per heavy atom. The van der Waals surface area contributed by atoms with Gasteiger partial charge in [-0.2, -0.15) is 0 Å². The Morgan fingerprint density at radius 3 is 2.41 bits per heavy atom. The van der Waals surface area contributed by atoms with E-state index in [1.54, 1.807) is 0 Å². The summed E-state index contributed by atoms with van der Waals surface area (Å²) >= 11 is 0. The van der Waals surface area contributed by atoms with E-state index in [2.05, 4.69) is 26.8 Å². The highest BCUT2D eigenvalue weighted by molar-refractivity contribution is 5.98. The van der Waals surface area contributed by atoms with Crippen LogP contribution in [0.25, 0.3) is 5.57 Å². The molecule has 1 aromatic rings. The van der Waals surface area contributed by atoms with Gasteiger partial charge in [-0.1, -0.05) is 45.0 Å². The smallest absolute Gasteiger partial charge is 0.331 e. The van der Waals surface area contributed by atoms with E-state index in [0.29, 0.717) is 12.0 Å². The molecule has 90 valence electrons. The Labute approximate surface area is 102 Å². The molecule has 0 bridgehead atoms. The Hall–Kier alpha value is -1.57. The van der Waals surface area contributed by atoms with Crippen molar-refractivity contribution in [2.75, 3.05) is 0 Å². The van der Waals surface area contributed by atoms with Crippen molar-refractivity contribution in [1.82, 2.24) is 0 Å². The molecule has 2 heteroatoms. The quantitative estimate of drug-likeness (QED) is 0.801. The van der Waals surface area contributed by atoms with Gasteiger partial charge in [0.2, 0.25) is 0 Å². The van der Waals surface area contributed by atoms with Crippen molar-refractivity contribution in [2.24, 2.45) is 5.41 Å². The molecule has 2 rings (SSSR count). The minimum atomic E-state index is -0.774. The molecular weight excluding hydrogens is 212 g/mol. The fourth-order valence-electron chi connectivity index (χ4n) is 2.60. The molecule has 0 unspecified atom stereocenters. The van der Waals surface area contributed by atoms with E-state index in [9.17, 15) is 9.90 Å². The summed E-state index contributed by atoms with van der Waals surface area (Å²) in [5.41, 5.74) is 3.82. The molecule has 1 aliphatic carbocycles. The van der Waals surface area contributed by atoms with Gasteiger partial charge in [0.05, 0.1) is 0 Å². The maximum Gasteiger partial charge on any atom is 0.331 e. The Balaban J connectivity index is 2.69. The number of allylic oxidation sites excluding steroid dienone is 1. The Morgan fingerprint density at radius 1 is 1.18 bits per heavy atom. The fourth-order valence-corrected chi connectivity index (χ4v) is 2.60. The Kier molecular flexibility index (Phi) is 2.82. The van der Waals surface area contributed by atoms with Crippen LogP contribution in [-0.2, 0) is 11.2 Å². The number of hydrogen-bond donors (Lipinski definition) is 1. The van der Waals surface area contributed by atoms with Crippen LogP contribution < -0.4 is 0 Å². The molecule has 0 fully saturated rings. The van der Waals surface area contributed by atoms with Gasteiger partial charge in [-0.15, -0.1) is 0 Å². The Bertz CT molecular complexity index is 490. The predicted molar refractivity (Wildman–Crippen MR) is 68.8 cm³/mol.